The summed E-state index contributed by atoms with van der Waals surface area (Å²) < 4.78 is 0. The first kappa shape index (κ1) is 15.9. The minimum Gasteiger partial charge on any atom is -0.349 e. The normalized spacial score (nSPS) is 18.4. The van der Waals surface area contributed by atoms with Gasteiger partial charge in [0.2, 0.25) is 0 Å². The van der Waals surface area contributed by atoms with E-state index in [1.54, 1.807) is 0 Å². The lowest BCUT2D eigenvalue weighted by molar-refractivity contribution is 0.0928. The molecule has 2 aliphatic carbocycles. The number of amides is 1. The minimum atomic E-state index is 0.0134. The zero-order valence-electron chi connectivity index (χ0n) is 13.9. The molecule has 4 heteroatoms. The molecule has 1 heterocycles. The second-order valence-electron chi connectivity index (χ2n) is 7.10. The van der Waals surface area contributed by atoms with Gasteiger partial charge in [0, 0.05) is 22.7 Å². The van der Waals surface area contributed by atoms with Crippen LogP contribution in [0.2, 0.25) is 5.02 Å². The SMILES string of the molecule is O=C(NC1CCCCC1)c1ccc2c(Cl)c3c(nc2c1)CCCC3. The second kappa shape index (κ2) is 6.72. The van der Waals surface area contributed by atoms with Crippen LogP contribution >= 0.6 is 11.6 Å². The zero-order valence-corrected chi connectivity index (χ0v) is 14.7. The van der Waals surface area contributed by atoms with Crippen molar-refractivity contribution in [1.82, 2.24) is 10.3 Å². The smallest absolute Gasteiger partial charge is 0.251 e. The number of pyridine rings is 1. The molecule has 1 aromatic carbocycles. The van der Waals surface area contributed by atoms with E-state index >= 15 is 0 Å². The predicted octanol–water partition coefficient (Wildman–Crippen LogP) is 4.83. The number of carbonyl (C=O) groups excluding carboxylic acids is 1. The summed E-state index contributed by atoms with van der Waals surface area (Å²) in [5.41, 5.74) is 3.85. The molecule has 1 saturated carbocycles. The highest BCUT2D eigenvalue weighted by molar-refractivity contribution is 6.36. The molecule has 0 spiro atoms. The van der Waals surface area contributed by atoms with Crippen LogP contribution in [0.1, 0.15) is 66.6 Å². The van der Waals surface area contributed by atoms with Crippen LogP contribution < -0.4 is 5.32 Å². The number of aryl methyl sites for hydroxylation is 1. The number of fused-ring (bicyclic) bond motifs is 2. The molecular formula is C20H23ClN2O. The first-order valence-corrected chi connectivity index (χ1v) is 9.52. The van der Waals surface area contributed by atoms with Crippen molar-refractivity contribution >= 4 is 28.4 Å². The number of aromatic nitrogens is 1. The number of carbonyl (C=O) groups is 1. The molecule has 0 saturated heterocycles. The molecule has 3 nitrogen and oxygen atoms in total. The van der Waals surface area contributed by atoms with Gasteiger partial charge in [0.25, 0.3) is 5.91 Å². The highest BCUT2D eigenvalue weighted by Gasteiger charge is 2.19. The maximum Gasteiger partial charge on any atom is 0.251 e. The van der Waals surface area contributed by atoms with Gasteiger partial charge in [0.15, 0.2) is 0 Å². The molecule has 1 amide bonds. The zero-order chi connectivity index (χ0) is 16.5. The monoisotopic (exact) mass is 342 g/mol. The molecule has 0 unspecified atom stereocenters. The van der Waals surface area contributed by atoms with Crippen LogP contribution in [0.3, 0.4) is 0 Å². The van der Waals surface area contributed by atoms with Crippen LogP contribution in [0.15, 0.2) is 18.2 Å². The lowest BCUT2D eigenvalue weighted by Crippen LogP contribution is -2.36. The van der Waals surface area contributed by atoms with E-state index in [1.165, 1.54) is 37.7 Å². The molecule has 2 aromatic rings. The van der Waals surface area contributed by atoms with Gasteiger partial charge in [-0.2, -0.15) is 0 Å². The lowest BCUT2D eigenvalue weighted by Gasteiger charge is -2.23. The van der Waals surface area contributed by atoms with Gasteiger partial charge in [0.05, 0.1) is 10.5 Å². The standard InChI is InChI=1S/C20H23ClN2O/c21-19-15-8-4-5-9-17(15)23-18-12-13(10-11-16(18)19)20(24)22-14-6-2-1-3-7-14/h10-12,14H,1-9H2,(H,22,24). The number of halogens is 1. The largest absolute Gasteiger partial charge is 0.349 e. The fourth-order valence-electron chi connectivity index (χ4n) is 4.02. The average Bonchev–Trinajstić information content (AvgIpc) is 2.62. The summed E-state index contributed by atoms with van der Waals surface area (Å²) >= 11 is 6.61. The van der Waals surface area contributed by atoms with Crippen molar-refractivity contribution in [1.29, 1.82) is 0 Å². The third kappa shape index (κ3) is 3.02. The summed E-state index contributed by atoms with van der Waals surface area (Å²) in [6, 6.07) is 6.05. The van der Waals surface area contributed by atoms with Gasteiger partial charge in [-0.25, -0.2) is 0 Å². The van der Waals surface area contributed by atoms with Gasteiger partial charge in [-0.1, -0.05) is 36.9 Å². The number of hydrogen-bond donors (Lipinski definition) is 1. The highest BCUT2D eigenvalue weighted by Crippen LogP contribution is 2.33. The summed E-state index contributed by atoms with van der Waals surface area (Å²) in [4.78, 5) is 17.4. The number of hydrogen-bond acceptors (Lipinski definition) is 2. The number of nitrogens with zero attached hydrogens (tertiary/aromatic N) is 1. The van der Waals surface area contributed by atoms with Gasteiger partial charge in [-0.15, -0.1) is 0 Å². The van der Waals surface area contributed by atoms with E-state index in [1.807, 2.05) is 18.2 Å². The fraction of sp³-hybridized carbons (Fsp3) is 0.500. The lowest BCUT2D eigenvalue weighted by atomic mass is 9.94. The van der Waals surface area contributed by atoms with Gasteiger partial charge in [0.1, 0.15) is 0 Å². The van der Waals surface area contributed by atoms with Crippen molar-refractivity contribution in [2.75, 3.05) is 0 Å². The van der Waals surface area contributed by atoms with E-state index < -0.39 is 0 Å². The first-order chi connectivity index (χ1) is 11.7. The van der Waals surface area contributed by atoms with E-state index in [0.717, 1.165) is 47.3 Å². The van der Waals surface area contributed by atoms with Gasteiger partial charge < -0.3 is 5.32 Å². The van der Waals surface area contributed by atoms with Gasteiger partial charge >= 0.3 is 0 Å². The highest BCUT2D eigenvalue weighted by atomic mass is 35.5. The summed E-state index contributed by atoms with van der Waals surface area (Å²) in [7, 11) is 0. The molecule has 24 heavy (non-hydrogen) atoms. The summed E-state index contributed by atoms with van der Waals surface area (Å²) in [6.45, 7) is 0. The number of rotatable bonds is 2. The number of benzene rings is 1. The van der Waals surface area contributed by atoms with Crippen LogP contribution in [0.5, 0.6) is 0 Å². The molecular weight excluding hydrogens is 320 g/mol. The molecule has 4 rings (SSSR count). The Bertz CT molecular complexity index is 781. The Balaban J connectivity index is 1.63. The first-order valence-electron chi connectivity index (χ1n) is 9.14. The Hall–Kier alpha value is -1.61. The van der Waals surface area contributed by atoms with E-state index in [9.17, 15) is 4.79 Å². The summed E-state index contributed by atoms with van der Waals surface area (Å²) in [5, 5.41) is 4.97. The van der Waals surface area contributed by atoms with Crippen molar-refractivity contribution in [3.63, 3.8) is 0 Å². The Kier molecular flexibility index (Phi) is 4.45. The maximum absolute atomic E-state index is 12.6. The topological polar surface area (TPSA) is 42.0 Å². The Morgan fingerprint density at radius 3 is 2.71 bits per heavy atom. The number of nitrogens with one attached hydrogen (secondary N) is 1. The molecule has 1 fully saturated rings. The van der Waals surface area contributed by atoms with Crippen molar-refractivity contribution < 1.29 is 4.79 Å². The minimum absolute atomic E-state index is 0.0134. The molecule has 0 aliphatic heterocycles. The Morgan fingerprint density at radius 2 is 1.88 bits per heavy atom. The third-order valence-corrected chi connectivity index (χ3v) is 5.83. The van der Waals surface area contributed by atoms with E-state index in [0.29, 0.717) is 11.6 Å². The molecule has 1 aromatic heterocycles. The van der Waals surface area contributed by atoms with Crippen LogP contribution in [0, 0.1) is 0 Å². The Labute approximate surface area is 147 Å². The third-order valence-electron chi connectivity index (χ3n) is 5.40. The fourth-order valence-corrected chi connectivity index (χ4v) is 4.39. The van der Waals surface area contributed by atoms with Crippen LogP contribution in [-0.2, 0) is 12.8 Å². The molecule has 0 atom stereocenters. The van der Waals surface area contributed by atoms with Crippen molar-refractivity contribution in [2.24, 2.45) is 0 Å². The molecule has 0 bridgehead atoms. The Morgan fingerprint density at radius 1 is 1.08 bits per heavy atom. The molecule has 126 valence electrons. The molecule has 1 N–H and O–H groups in total. The van der Waals surface area contributed by atoms with Crippen molar-refractivity contribution in [3.05, 3.63) is 40.0 Å². The summed E-state index contributed by atoms with van der Waals surface area (Å²) in [5.74, 6) is 0.0134. The average molecular weight is 343 g/mol. The summed E-state index contributed by atoms with van der Waals surface area (Å²) in [6.07, 6.45) is 10.3. The van der Waals surface area contributed by atoms with E-state index in [4.69, 9.17) is 16.6 Å². The van der Waals surface area contributed by atoms with E-state index in [2.05, 4.69) is 5.32 Å². The maximum atomic E-state index is 12.6. The molecule has 2 aliphatic rings. The quantitative estimate of drug-likeness (QED) is 0.849. The van der Waals surface area contributed by atoms with Crippen molar-refractivity contribution in [2.45, 2.75) is 63.8 Å². The van der Waals surface area contributed by atoms with E-state index in [-0.39, 0.29) is 5.91 Å². The predicted molar refractivity (Wildman–Crippen MR) is 97.7 cm³/mol. The van der Waals surface area contributed by atoms with Gasteiger partial charge in [-0.3, -0.25) is 9.78 Å². The second-order valence-corrected chi connectivity index (χ2v) is 7.48. The van der Waals surface area contributed by atoms with Crippen LogP contribution in [-0.4, -0.2) is 16.9 Å². The van der Waals surface area contributed by atoms with Gasteiger partial charge in [-0.05, 0) is 56.2 Å². The molecule has 0 radical (unpaired) electrons. The van der Waals surface area contributed by atoms with Crippen LogP contribution in [0.4, 0.5) is 0 Å². The van der Waals surface area contributed by atoms with Crippen molar-refractivity contribution in [3.8, 4) is 0 Å². The van der Waals surface area contributed by atoms with Crippen LogP contribution in [0.25, 0.3) is 10.9 Å².